The van der Waals surface area contributed by atoms with Gasteiger partial charge in [0, 0.05) is 0 Å². The zero-order valence-corrected chi connectivity index (χ0v) is 13.9. The number of aryl methyl sites for hydroxylation is 1. The van der Waals surface area contributed by atoms with E-state index in [0.29, 0.717) is 6.61 Å². The molecule has 0 saturated carbocycles. The minimum absolute atomic E-state index is 0.503. The molecule has 0 saturated heterocycles. The van der Waals surface area contributed by atoms with Crippen molar-refractivity contribution in [1.82, 2.24) is 0 Å². The molecule has 0 aliphatic heterocycles. The molecule has 0 N–H and O–H groups in total. The Morgan fingerprint density at radius 1 is 0.708 bits per heavy atom. The van der Waals surface area contributed by atoms with Gasteiger partial charge in [0.25, 0.3) is 0 Å². The molecule has 0 unspecified atom stereocenters. The third kappa shape index (κ3) is 4.29. The van der Waals surface area contributed by atoms with E-state index in [2.05, 4.69) is 6.92 Å². The molecule has 3 aromatic rings. The minimum Gasteiger partial charge on any atom is -0.497 e. The van der Waals surface area contributed by atoms with Crippen molar-refractivity contribution in [1.29, 1.82) is 0 Å². The van der Waals surface area contributed by atoms with Crippen LogP contribution < -0.4 is 14.2 Å². The highest BCUT2D eigenvalue weighted by Gasteiger charge is 2.01. The summed E-state index contributed by atoms with van der Waals surface area (Å²) in [5.41, 5.74) is 2.28. The second-order valence-corrected chi connectivity index (χ2v) is 5.53. The van der Waals surface area contributed by atoms with Gasteiger partial charge < -0.3 is 14.2 Å². The number of methoxy groups -OCH3 is 1. The maximum atomic E-state index is 5.88. The highest BCUT2D eigenvalue weighted by atomic mass is 16.5. The molecule has 0 spiro atoms. The van der Waals surface area contributed by atoms with Crippen LogP contribution in [-0.4, -0.2) is 7.11 Å². The van der Waals surface area contributed by atoms with Crippen molar-refractivity contribution in [2.75, 3.05) is 7.11 Å². The molecule has 3 rings (SSSR count). The lowest BCUT2D eigenvalue weighted by atomic mass is 10.2. The van der Waals surface area contributed by atoms with Gasteiger partial charge in [-0.2, -0.15) is 0 Å². The number of benzene rings is 3. The zero-order valence-electron chi connectivity index (χ0n) is 13.9. The van der Waals surface area contributed by atoms with Crippen LogP contribution in [0.15, 0.2) is 72.8 Å². The molecule has 0 aromatic heterocycles. The van der Waals surface area contributed by atoms with Crippen LogP contribution in [0.3, 0.4) is 0 Å². The van der Waals surface area contributed by atoms with E-state index in [1.54, 1.807) is 7.11 Å². The molecule has 3 nitrogen and oxygen atoms in total. The van der Waals surface area contributed by atoms with Gasteiger partial charge in [0.05, 0.1) is 7.11 Å². The molecule has 0 atom stereocenters. The fourth-order valence-electron chi connectivity index (χ4n) is 2.28. The molecule has 0 amide bonds. The molecule has 0 heterocycles. The summed E-state index contributed by atoms with van der Waals surface area (Å²) in [5.74, 6) is 3.22. The van der Waals surface area contributed by atoms with Crippen LogP contribution in [0, 0.1) is 6.92 Å². The SMILES string of the molecule is COc1ccc(Oc2cccc(COc3ccc(C)cc3)c2)cc1. The Balaban J connectivity index is 1.63. The summed E-state index contributed by atoms with van der Waals surface area (Å²) in [7, 11) is 1.65. The van der Waals surface area contributed by atoms with Crippen molar-refractivity contribution in [3.63, 3.8) is 0 Å². The van der Waals surface area contributed by atoms with Crippen molar-refractivity contribution < 1.29 is 14.2 Å². The van der Waals surface area contributed by atoms with Gasteiger partial charge in [0.1, 0.15) is 29.6 Å². The van der Waals surface area contributed by atoms with Crippen LogP contribution in [0.5, 0.6) is 23.0 Å². The lowest BCUT2D eigenvalue weighted by molar-refractivity contribution is 0.305. The first-order chi connectivity index (χ1) is 11.7. The maximum absolute atomic E-state index is 5.88. The molecule has 24 heavy (non-hydrogen) atoms. The van der Waals surface area contributed by atoms with Gasteiger partial charge in [-0.1, -0.05) is 29.8 Å². The Morgan fingerprint density at radius 2 is 1.38 bits per heavy atom. The van der Waals surface area contributed by atoms with Crippen molar-refractivity contribution in [3.8, 4) is 23.0 Å². The van der Waals surface area contributed by atoms with Crippen molar-refractivity contribution in [2.45, 2.75) is 13.5 Å². The Kier molecular flexibility index (Phi) is 5.02. The number of hydrogen-bond acceptors (Lipinski definition) is 3. The van der Waals surface area contributed by atoms with Crippen molar-refractivity contribution >= 4 is 0 Å². The minimum atomic E-state index is 0.503. The molecule has 122 valence electrons. The number of rotatable bonds is 6. The first kappa shape index (κ1) is 15.9. The van der Waals surface area contributed by atoms with Crippen molar-refractivity contribution in [2.24, 2.45) is 0 Å². The highest BCUT2D eigenvalue weighted by Crippen LogP contribution is 2.25. The van der Waals surface area contributed by atoms with E-state index in [1.165, 1.54) is 5.56 Å². The van der Waals surface area contributed by atoms with Crippen LogP contribution in [0.2, 0.25) is 0 Å². The molecule has 0 fully saturated rings. The van der Waals surface area contributed by atoms with Crippen LogP contribution in [0.4, 0.5) is 0 Å². The van der Waals surface area contributed by atoms with E-state index in [-0.39, 0.29) is 0 Å². The largest absolute Gasteiger partial charge is 0.497 e. The Morgan fingerprint density at radius 3 is 2.08 bits per heavy atom. The van der Waals surface area contributed by atoms with E-state index in [9.17, 15) is 0 Å². The van der Waals surface area contributed by atoms with Gasteiger partial charge >= 0.3 is 0 Å². The van der Waals surface area contributed by atoms with Crippen LogP contribution in [0.1, 0.15) is 11.1 Å². The lowest BCUT2D eigenvalue weighted by Gasteiger charge is -2.10. The van der Waals surface area contributed by atoms with Crippen LogP contribution in [0.25, 0.3) is 0 Å². The Bertz CT molecular complexity index is 777. The molecule has 0 bridgehead atoms. The predicted molar refractivity (Wildman–Crippen MR) is 95.0 cm³/mol. The Hall–Kier alpha value is -2.94. The van der Waals surface area contributed by atoms with Gasteiger partial charge in [-0.15, -0.1) is 0 Å². The summed E-state index contributed by atoms with van der Waals surface area (Å²) in [6, 6.07) is 23.5. The van der Waals surface area contributed by atoms with Gasteiger partial charge in [0.15, 0.2) is 0 Å². The summed E-state index contributed by atoms with van der Waals surface area (Å²) in [6.45, 7) is 2.56. The van der Waals surface area contributed by atoms with E-state index in [0.717, 1.165) is 28.6 Å². The van der Waals surface area contributed by atoms with Gasteiger partial charge in [0.2, 0.25) is 0 Å². The number of hydrogen-bond donors (Lipinski definition) is 0. The van der Waals surface area contributed by atoms with Crippen LogP contribution >= 0.6 is 0 Å². The fourth-order valence-corrected chi connectivity index (χ4v) is 2.28. The smallest absolute Gasteiger partial charge is 0.127 e. The molecule has 0 radical (unpaired) electrons. The standard InChI is InChI=1S/C21H20O3/c1-16-6-8-19(9-7-16)23-15-17-4-3-5-21(14-17)24-20-12-10-18(22-2)11-13-20/h3-14H,15H2,1-2H3. The van der Waals surface area contributed by atoms with Crippen molar-refractivity contribution in [3.05, 3.63) is 83.9 Å². The molecular formula is C21H20O3. The quantitative estimate of drug-likeness (QED) is 0.610. The van der Waals surface area contributed by atoms with E-state index in [4.69, 9.17) is 14.2 Å². The third-order valence-corrected chi connectivity index (χ3v) is 3.62. The van der Waals surface area contributed by atoms with Gasteiger partial charge in [-0.05, 0) is 61.0 Å². The molecule has 3 aromatic carbocycles. The fraction of sp³-hybridized carbons (Fsp3) is 0.143. The summed E-state index contributed by atoms with van der Waals surface area (Å²) in [5, 5.41) is 0. The second-order valence-electron chi connectivity index (χ2n) is 5.53. The third-order valence-electron chi connectivity index (χ3n) is 3.62. The number of ether oxygens (including phenoxy) is 3. The Labute approximate surface area is 142 Å². The molecule has 0 aliphatic carbocycles. The first-order valence-corrected chi connectivity index (χ1v) is 7.83. The second kappa shape index (κ2) is 7.55. The van der Waals surface area contributed by atoms with E-state index >= 15 is 0 Å². The maximum Gasteiger partial charge on any atom is 0.127 e. The lowest BCUT2D eigenvalue weighted by Crippen LogP contribution is -1.96. The van der Waals surface area contributed by atoms with E-state index < -0.39 is 0 Å². The summed E-state index contributed by atoms with van der Waals surface area (Å²) in [4.78, 5) is 0. The van der Waals surface area contributed by atoms with Crippen LogP contribution in [-0.2, 0) is 6.61 Å². The summed E-state index contributed by atoms with van der Waals surface area (Å²) in [6.07, 6.45) is 0. The average Bonchev–Trinajstić information content (AvgIpc) is 2.62. The average molecular weight is 320 g/mol. The molecular weight excluding hydrogens is 300 g/mol. The topological polar surface area (TPSA) is 27.7 Å². The zero-order chi connectivity index (χ0) is 16.8. The van der Waals surface area contributed by atoms with Gasteiger partial charge in [-0.3, -0.25) is 0 Å². The monoisotopic (exact) mass is 320 g/mol. The normalized spacial score (nSPS) is 10.2. The first-order valence-electron chi connectivity index (χ1n) is 7.83. The van der Waals surface area contributed by atoms with E-state index in [1.807, 2.05) is 72.8 Å². The summed E-state index contributed by atoms with van der Waals surface area (Å²) < 4.78 is 16.8. The highest BCUT2D eigenvalue weighted by molar-refractivity contribution is 5.37. The molecule has 3 heteroatoms. The summed E-state index contributed by atoms with van der Waals surface area (Å²) >= 11 is 0. The predicted octanol–water partition coefficient (Wildman–Crippen LogP) is 5.37. The molecule has 0 aliphatic rings. The van der Waals surface area contributed by atoms with Gasteiger partial charge in [-0.25, -0.2) is 0 Å².